The molecule has 2 aromatic rings. The van der Waals surface area contributed by atoms with Crippen molar-refractivity contribution < 1.29 is 50.7 Å². The summed E-state index contributed by atoms with van der Waals surface area (Å²) in [5.74, 6) is -3.96. The van der Waals surface area contributed by atoms with Gasteiger partial charge in [0.15, 0.2) is 0 Å². The van der Waals surface area contributed by atoms with E-state index in [2.05, 4.69) is 15.8 Å². The van der Waals surface area contributed by atoms with Gasteiger partial charge in [0.2, 0.25) is 28.3 Å². The lowest BCUT2D eigenvalue weighted by molar-refractivity contribution is -0.143. The Hall–Kier alpha value is -4.32. The van der Waals surface area contributed by atoms with Gasteiger partial charge in [0.05, 0.1) is 31.0 Å². The van der Waals surface area contributed by atoms with Crippen molar-refractivity contribution in [3.63, 3.8) is 0 Å². The molecule has 3 N–H and O–H groups in total. The Morgan fingerprint density at radius 3 is 2.40 bits per heavy atom. The summed E-state index contributed by atoms with van der Waals surface area (Å²) >= 11 is 1.53. The van der Waals surface area contributed by atoms with Crippen molar-refractivity contribution in [1.29, 1.82) is 0 Å². The number of halogens is 2. The summed E-state index contributed by atoms with van der Waals surface area (Å²) in [6.45, 7) is 4.99. The van der Waals surface area contributed by atoms with Crippen LogP contribution in [0.2, 0.25) is 0 Å². The predicted molar refractivity (Wildman–Crippen MR) is 199 cm³/mol. The minimum atomic E-state index is -4.13. The summed E-state index contributed by atoms with van der Waals surface area (Å²) in [7, 11) is -2.59. The number of hydrogen-bond acceptors (Lipinski definition) is 11. The number of sulfonamides is 1. The van der Waals surface area contributed by atoms with Crippen LogP contribution >= 0.6 is 11.3 Å². The maximum atomic E-state index is 14.4. The SMILES string of the molecule is COc1ccc(-c2cccs2)c(/C=N/O[C@@H]2CC(C(=O)N[C@@]3(C(=O)NS(=O)(=O)C4CC4)C[C@H]3C(F)F)N(C(=O)[C@@H](NC(=O)OC3CCCC3)C(C)(C)C)C2)c1. The molecule has 1 aliphatic heterocycles. The lowest BCUT2D eigenvalue weighted by Gasteiger charge is -2.35. The van der Waals surface area contributed by atoms with Gasteiger partial charge in [0, 0.05) is 22.4 Å². The van der Waals surface area contributed by atoms with Crippen molar-refractivity contribution >= 4 is 51.4 Å². The molecule has 55 heavy (non-hydrogen) atoms. The van der Waals surface area contributed by atoms with Gasteiger partial charge in [-0.1, -0.05) is 32.0 Å². The minimum Gasteiger partial charge on any atom is -0.497 e. The topological polar surface area (TPSA) is 182 Å². The van der Waals surface area contributed by atoms with Crippen LogP contribution in [-0.4, -0.2) is 98.5 Å². The van der Waals surface area contributed by atoms with E-state index in [4.69, 9.17) is 14.3 Å². The lowest BCUT2D eigenvalue weighted by atomic mass is 9.85. The van der Waals surface area contributed by atoms with Crippen LogP contribution in [0.4, 0.5) is 13.6 Å². The smallest absolute Gasteiger partial charge is 0.408 e. The first kappa shape index (κ1) is 40.3. The molecule has 0 spiro atoms. The van der Waals surface area contributed by atoms with Gasteiger partial charge in [-0.15, -0.1) is 11.3 Å². The fourth-order valence-electron chi connectivity index (χ4n) is 7.13. The van der Waals surface area contributed by atoms with E-state index >= 15 is 0 Å². The van der Waals surface area contributed by atoms with E-state index < -0.39 is 87.0 Å². The van der Waals surface area contributed by atoms with E-state index in [1.165, 1.54) is 29.6 Å². The summed E-state index contributed by atoms with van der Waals surface area (Å²) in [6, 6.07) is 6.77. The van der Waals surface area contributed by atoms with Gasteiger partial charge in [-0.05, 0) is 80.0 Å². The molecule has 14 nitrogen and oxygen atoms in total. The number of rotatable bonds is 14. The third kappa shape index (κ3) is 9.22. The summed E-state index contributed by atoms with van der Waals surface area (Å²) in [5.41, 5.74) is -1.57. The first-order chi connectivity index (χ1) is 26.0. The molecule has 300 valence electrons. The van der Waals surface area contributed by atoms with Gasteiger partial charge < -0.3 is 29.8 Å². The number of methoxy groups -OCH3 is 1. The molecule has 18 heteroatoms. The van der Waals surface area contributed by atoms with Crippen LogP contribution in [0.15, 0.2) is 40.9 Å². The van der Waals surface area contributed by atoms with Gasteiger partial charge in [0.25, 0.3) is 5.91 Å². The van der Waals surface area contributed by atoms with Crippen LogP contribution in [0, 0.1) is 11.3 Å². The number of ether oxygens (including phenoxy) is 2. The highest BCUT2D eigenvalue weighted by atomic mass is 32.2. The number of amides is 4. The number of nitrogens with zero attached hydrogens (tertiary/aromatic N) is 2. The maximum absolute atomic E-state index is 14.4. The second kappa shape index (κ2) is 16.0. The van der Waals surface area contributed by atoms with Crippen molar-refractivity contribution in [3.05, 3.63) is 41.3 Å². The summed E-state index contributed by atoms with van der Waals surface area (Å²) in [6.07, 6.45) is -0.288. The highest BCUT2D eigenvalue weighted by Gasteiger charge is 2.67. The van der Waals surface area contributed by atoms with Crippen LogP contribution in [-0.2, 0) is 34.0 Å². The summed E-state index contributed by atoms with van der Waals surface area (Å²) in [5, 5.41) is 10.4. The molecule has 0 bridgehead atoms. The number of alkyl halides is 2. The fraction of sp³-hybridized carbons (Fsp3) is 0.595. The van der Waals surface area contributed by atoms with Gasteiger partial charge in [0.1, 0.15) is 35.6 Å². The Kier molecular flexibility index (Phi) is 11.8. The number of alkyl carbamates (subject to hydrolysis) is 1. The maximum Gasteiger partial charge on any atom is 0.408 e. The zero-order valence-electron chi connectivity index (χ0n) is 31.1. The second-order valence-corrected chi connectivity index (χ2v) is 18.6. The molecule has 1 saturated heterocycles. The zero-order valence-corrected chi connectivity index (χ0v) is 32.7. The molecule has 4 amide bonds. The molecule has 6 rings (SSSR count). The number of benzene rings is 1. The number of thiophene rings is 1. The molecule has 2 heterocycles. The first-order valence-electron chi connectivity index (χ1n) is 18.4. The number of oxime groups is 1. The third-order valence-electron chi connectivity index (χ3n) is 10.5. The standard InChI is InChI=1S/C37H47F2N5O9S2/c1-36(2,3)30(41-35(48)52-22-8-5-6-9-22)33(46)44-20-24(53-40-19-21-16-23(51-4)11-14-26(21)29-10-7-15-54-29)17-28(44)32(45)42-37(18-27(37)31(38)39)34(47)43-55(49,50)25-12-13-25/h7,10-11,14-16,19,22,24-25,27-28,30-31H,5-6,8-9,12-13,17-18,20H2,1-4H3,(H,41,48)(H,42,45)(H,43,47)/b40-19+/t24-,27+,28?,30-,37+/m1/s1. The highest BCUT2D eigenvalue weighted by molar-refractivity contribution is 7.91. The molecule has 3 aliphatic carbocycles. The quantitative estimate of drug-likeness (QED) is 0.182. The molecule has 1 aromatic carbocycles. The van der Waals surface area contributed by atoms with Crippen molar-refractivity contribution in [3.8, 4) is 16.2 Å². The number of likely N-dealkylation sites (tertiary alicyclic amines) is 1. The van der Waals surface area contributed by atoms with E-state index in [9.17, 15) is 36.4 Å². The third-order valence-corrected chi connectivity index (χ3v) is 13.2. The average molecular weight is 808 g/mol. The Labute approximate surface area is 322 Å². The molecule has 5 atom stereocenters. The largest absolute Gasteiger partial charge is 0.497 e. The Morgan fingerprint density at radius 2 is 1.80 bits per heavy atom. The zero-order chi connectivity index (χ0) is 39.7. The summed E-state index contributed by atoms with van der Waals surface area (Å²) in [4.78, 5) is 62.9. The Morgan fingerprint density at radius 1 is 1.07 bits per heavy atom. The van der Waals surface area contributed by atoms with Gasteiger partial charge in [-0.25, -0.2) is 22.0 Å². The second-order valence-electron chi connectivity index (χ2n) is 15.7. The summed E-state index contributed by atoms with van der Waals surface area (Å²) < 4.78 is 66.2. The van der Waals surface area contributed by atoms with Gasteiger partial charge >= 0.3 is 6.09 Å². The average Bonchev–Trinajstić information content (AvgIpc) is 3.89. The van der Waals surface area contributed by atoms with Crippen molar-refractivity contribution in [2.75, 3.05) is 13.7 Å². The molecule has 4 fully saturated rings. The van der Waals surface area contributed by atoms with Crippen molar-refractivity contribution in [1.82, 2.24) is 20.3 Å². The number of carbonyl (C=O) groups excluding carboxylic acids is 4. The highest BCUT2D eigenvalue weighted by Crippen LogP contribution is 2.48. The van der Waals surface area contributed by atoms with E-state index in [0.717, 1.165) is 23.3 Å². The Balaban J connectivity index is 1.25. The van der Waals surface area contributed by atoms with E-state index in [1.54, 1.807) is 26.8 Å². The van der Waals surface area contributed by atoms with Crippen LogP contribution in [0.3, 0.4) is 0 Å². The van der Waals surface area contributed by atoms with Crippen molar-refractivity contribution in [2.45, 2.75) is 114 Å². The molecule has 4 aliphatic rings. The minimum absolute atomic E-state index is 0.161. The number of hydrogen-bond donors (Lipinski definition) is 3. The molecular formula is C37H47F2N5O9S2. The fourth-order valence-corrected chi connectivity index (χ4v) is 9.27. The van der Waals surface area contributed by atoms with Crippen LogP contribution in [0.25, 0.3) is 10.4 Å². The van der Waals surface area contributed by atoms with Gasteiger partial charge in [-0.3, -0.25) is 19.1 Å². The molecule has 3 saturated carbocycles. The molecular weight excluding hydrogens is 761 g/mol. The van der Waals surface area contributed by atoms with Crippen LogP contribution in [0.5, 0.6) is 5.75 Å². The lowest BCUT2D eigenvalue weighted by Crippen LogP contribution is -2.60. The number of nitrogens with one attached hydrogen (secondary N) is 3. The van der Waals surface area contributed by atoms with E-state index in [-0.39, 0.29) is 19.1 Å². The van der Waals surface area contributed by atoms with Crippen LogP contribution < -0.4 is 20.1 Å². The molecule has 1 aromatic heterocycles. The first-order valence-corrected chi connectivity index (χ1v) is 20.8. The predicted octanol–water partition coefficient (Wildman–Crippen LogP) is 4.58. The number of carbonyl (C=O) groups is 4. The van der Waals surface area contributed by atoms with E-state index in [0.29, 0.717) is 37.0 Å². The Bertz CT molecular complexity index is 1900. The van der Waals surface area contributed by atoms with E-state index in [1.807, 2.05) is 34.4 Å². The molecule has 1 unspecified atom stereocenters. The van der Waals surface area contributed by atoms with Crippen molar-refractivity contribution in [2.24, 2.45) is 16.5 Å². The van der Waals surface area contributed by atoms with Crippen LogP contribution in [0.1, 0.15) is 77.7 Å². The van der Waals surface area contributed by atoms with Gasteiger partial charge in [-0.2, -0.15) is 0 Å². The normalized spacial score (nSPS) is 24.8. The monoisotopic (exact) mass is 807 g/mol. The molecule has 0 radical (unpaired) electrons.